The van der Waals surface area contributed by atoms with Gasteiger partial charge in [-0.25, -0.2) is 4.79 Å². The van der Waals surface area contributed by atoms with E-state index in [4.69, 9.17) is 9.47 Å². The van der Waals surface area contributed by atoms with E-state index in [9.17, 15) is 9.59 Å². The average molecular weight is 649 g/mol. The first-order valence-corrected chi connectivity index (χ1v) is 18.4. The molecule has 1 saturated heterocycles. The Labute approximate surface area is 279 Å². The standard InChI is InChI=1S/C37H52N4O4S/c1-2-3-4-5-6-7-8-9-20-38-37(43)45-29-41-34-28-31(17-15-30(34)16-18-36(41)42)44-26-11-10-21-39-22-24-40(25-23-39)33-13-12-14-35-32(33)19-27-46-35/h12-15,17,19,27-28H,2-11,16,18,20-26,29H2,1H3,(H,38,43). The lowest BCUT2D eigenvalue weighted by Gasteiger charge is -2.36. The van der Waals surface area contributed by atoms with E-state index in [1.54, 1.807) is 4.90 Å². The second-order valence-electron chi connectivity index (χ2n) is 12.6. The zero-order valence-corrected chi connectivity index (χ0v) is 28.5. The van der Waals surface area contributed by atoms with E-state index in [0.717, 1.165) is 75.4 Å². The van der Waals surface area contributed by atoms with Gasteiger partial charge in [-0.3, -0.25) is 14.6 Å². The van der Waals surface area contributed by atoms with Crippen molar-refractivity contribution in [3.05, 3.63) is 53.4 Å². The summed E-state index contributed by atoms with van der Waals surface area (Å²) < 4.78 is 12.9. The number of aryl methyl sites for hydroxylation is 1. The highest BCUT2D eigenvalue weighted by Crippen LogP contribution is 2.32. The second-order valence-corrected chi connectivity index (χ2v) is 13.5. The summed E-state index contributed by atoms with van der Waals surface area (Å²) in [5.74, 6) is 0.710. The first-order valence-electron chi connectivity index (χ1n) is 17.5. The number of piperazine rings is 1. The van der Waals surface area contributed by atoms with Crippen molar-refractivity contribution in [3.63, 3.8) is 0 Å². The fourth-order valence-corrected chi connectivity index (χ4v) is 7.27. The number of hydrogen-bond acceptors (Lipinski definition) is 7. The van der Waals surface area contributed by atoms with Crippen molar-refractivity contribution in [2.45, 2.75) is 84.0 Å². The van der Waals surface area contributed by atoms with Gasteiger partial charge in [0.2, 0.25) is 5.91 Å². The highest BCUT2D eigenvalue weighted by molar-refractivity contribution is 7.17. The number of thiophene rings is 1. The van der Waals surface area contributed by atoms with Gasteiger partial charge in [0, 0.05) is 61.0 Å². The Hall–Kier alpha value is -3.30. The highest BCUT2D eigenvalue weighted by Gasteiger charge is 2.26. The average Bonchev–Trinajstić information content (AvgIpc) is 3.57. The molecule has 3 aromatic rings. The molecule has 0 unspecified atom stereocenters. The number of unbranched alkanes of at least 4 members (excludes halogenated alkanes) is 8. The number of nitrogens with zero attached hydrogens (tertiary/aromatic N) is 3. The lowest BCUT2D eigenvalue weighted by Crippen LogP contribution is -2.46. The van der Waals surface area contributed by atoms with Crippen molar-refractivity contribution in [2.24, 2.45) is 0 Å². The van der Waals surface area contributed by atoms with Gasteiger partial charge in [-0.15, -0.1) is 11.3 Å². The summed E-state index contributed by atoms with van der Waals surface area (Å²) in [7, 11) is 0. The van der Waals surface area contributed by atoms with Gasteiger partial charge in [-0.05, 0) is 67.4 Å². The van der Waals surface area contributed by atoms with Crippen molar-refractivity contribution in [3.8, 4) is 5.75 Å². The summed E-state index contributed by atoms with van der Waals surface area (Å²) in [6, 6.07) is 14.8. The van der Waals surface area contributed by atoms with Crippen LogP contribution < -0.4 is 19.9 Å². The number of benzene rings is 2. The Morgan fingerprint density at radius 3 is 2.50 bits per heavy atom. The summed E-state index contributed by atoms with van der Waals surface area (Å²) in [4.78, 5) is 31.7. The molecule has 0 radical (unpaired) electrons. The van der Waals surface area contributed by atoms with Gasteiger partial charge >= 0.3 is 6.09 Å². The van der Waals surface area contributed by atoms with Gasteiger partial charge in [-0.2, -0.15) is 0 Å². The van der Waals surface area contributed by atoms with E-state index in [0.29, 0.717) is 26.0 Å². The molecule has 0 atom stereocenters. The van der Waals surface area contributed by atoms with Crippen LogP contribution in [0.5, 0.6) is 5.75 Å². The molecule has 3 heterocycles. The fraction of sp³-hybridized carbons (Fsp3) is 0.568. The van der Waals surface area contributed by atoms with Crippen LogP contribution in [0.1, 0.15) is 83.1 Å². The largest absolute Gasteiger partial charge is 0.494 e. The molecule has 9 heteroatoms. The van der Waals surface area contributed by atoms with Crippen LogP contribution in [0.2, 0.25) is 0 Å². The maximum absolute atomic E-state index is 12.8. The molecule has 2 aromatic carbocycles. The molecule has 2 amide bonds. The van der Waals surface area contributed by atoms with E-state index in [1.807, 2.05) is 29.5 Å². The third-order valence-corrected chi connectivity index (χ3v) is 10.1. The minimum absolute atomic E-state index is 0.0346. The monoisotopic (exact) mass is 648 g/mol. The summed E-state index contributed by atoms with van der Waals surface area (Å²) in [5.41, 5.74) is 3.21. The predicted molar refractivity (Wildman–Crippen MR) is 189 cm³/mol. The molecule has 0 aliphatic carbocycles. The molecular weight excluding hydrogens is 596 g/mol. The van der Waals surface area contributed by atoms with Gasteiger partial charge in [0.05, 0.1) is 12.3 Å². The number of carbonyl (C=O) groups excluding carboxylic acids is 2. The van der Waals surface area contributed by atoms with Crippen LogP contribution in [0.15, 0.2) is 47.8 Å². The molecule has 5 rings (SSSR count). The third kappa shape index (κ3) is 9.85. The number of ether oxygens (including phenoxy) is 2. The van der Waals surface area contributed by atoms with Gasteiger partial charge in [-0.1, -0.05) is 64.0 Å². The van der Waals surface area contributed by atoms with Crippen LogP contribution in [0.25, 0.3) is 10.1 Å². The number of amides is 2. The molecular formula is C37H52N4O4S. The number of fused-ring (bicyclic) bond motifs is 2. The molecule has 8 nitrogen and oxygen atoms in total. The number of carbonyl (C=O) groups is 2. The van der Waals surface area contributed by atoms with Crippen molar-refractivity contribution >= 4 is 44.8 Å². The zero-order chi connectivity index (χ0) is 32.0. The summed E-state index contributed by atoms with van der Waals surface area (Å²) in [6.45, 7) is 8.71. The Balaban J connectivity index is 0.977. The number of rotatable bonds is 18. The zero-order valence-electron chi connectivity index (χ0n) is 27.6. The summed E-state index contributed by atoms with van der Waals surface area (Å²) in [5, 5.41) is 6.38. The Morgan fingerprint density at radius 2 is 1.67 bits per heavy atom. The van der Waals surface area contributed by atoms with Crippen LogP contribution in [0, 0.1) is 0 Å². The van der Waals surface area contributed by atoms with Gasteiger partial charge in [0.15, 0.2) is 6.73 Å². The third-order valence-electron chi connectivity index (χ3n) is 9.20. The fourth-order valence-electron chi connectivity index (χ4n) is 6.47. The topological polar surface area (TPSA) is 74.3 Å². The summed E-state index contributed by atoms with van der Waals surface area (Å²) >= 11 is 1.81. The number of alkyl carbamates (subject to hydrolysis) is 1. The quantitative estimate of drug-likeness (QED) is 0.141. The van der Waals surface area contributed by atoms with E-state index < -0.39 is 6.09 Å². The number of anilines is 2. The first-order chi connectivity index (χ1) is 22.6. The van der Waals surface area contributed by atoms with Crippen LogP contribution in [-0.4, -0.2) is 69.5 Å². The maximum Gasteiger partial charge on any atom is 0.408 e. The molecule has 0 saturated carbocycles. The van der Waals surface area contributed by atoms with E-state index in [2.05, 4.69) is 51.7 Å². The van der Waals surface area contributed by atoms with Crippen molar-refractivity contribution in [1.82, 2.24) is 10.2 Å². The van der Waals surface area contributed by atoms with Crippen LogP contribution in [0.4, 0.5) is 16.2 Å². The Kier molecular flexibility index (Phi) is 13.4. The van der Waals surface area contributed by atoms with E-state index >= 15 is 0 Å². The molecule has 1 aromatic heterocycles. The van der Waals surface area contributed by atoms with Gasteiger partial charge in [0.25, 0.3) is 0 Å². The van der Waals surface area contributed by atoms with Crippen molar-refractivity contribution in [2.75, 3.05) is 62.4 Å². The lowest BCUT2D eigenvalue weighted by molar-refractivity contribution is -0.119. The van der Waals surface area contributed by atoms with Gasteiger partial charge < -0.3 is 19.7 Å². The number of nitrogens with one attached hydrogen (secondary N) is 1. The molecule has 46 heavy (non-hydrogen) atoms. The lowest BCUT2D eigenvalue weighted by atomic mass is 10.0. The molecule has 0 bridgehead atoms. The minimum atomic E-state index is -0.475. The minimum Gasteiger partial charge on any atom is -0.494 e. The van der Waals surface area contributed by atoms with Crippen LogP contribution in [-0.2, 0) is 16.0 Å². The Morgan fingerprint density at radius 1 is 0.870 bits per heavy atom. The smallest absolute Gasteiger partial charge is 0.408 e. The molecule has 2 aliphatic heterocycles. The van der Waals surface area contributed by atoms with Crippen LogP contribution in [0.3, 0.4) is 0 Å². The van der Waals surface area contributed by atoms with E-state index in [-0.39, 0.29) is 12.6 Å². The normalized spacial score (nSPS) is 15.3. The van der Waals surface area contributed by atoms with Crippen molar-refractivity contribution in [1.29, 1.82) is 0 Å². The molecule has 0 spiro atoms. The molecule has 1 N–H and O–H groups in total. The highest BCUT2D eigenvalue weighted by atomic mass is 32.1. The van der Waals surface area contributed by atoms with Crippen LogP contribution >= 0.6 is 11.3 Å². The molecule has 1 fully saturated rings. The summed E-state index contributed by atoms with van der Waals surface area (Å²) in [6.07, 6.45) is 12.4. The molecule has 2 aliphatic rings. The maximum atomic E-state index is 12.8. The van der Waals surface area contributed by atoms with E-state index in [1.165, 1.54) is 54.3 Å². The predicted octanol–water partition coefficient (Wildman–Crippen LogP) is 7.99. The Bertz CT molecular complexity index is 1390. The second kappa shape index (κ2) is 18.1. The first kappa shape index (κ1) is 34.0. The number of hydrogen-bond donors (Lipinski definition) is 1. The van der Waals surface area contributed by atoms with Crippen molar-refractivity contribution < 1.29 is 19.1 Å². The van der Waals surface area contributed by atoms with Gasteiger partial charge in [0.1, 0.15) is 5.75 Å². The SMILES string of the molecule is CCCCCCCCCCNC(=O)OCN1C(=O)CCc2ccc(OCCCCN3CCN(c4cccc5sccc45)CC3)cc21. The molecule has 250 valence electrons.